The van der Waals surface area contributed by atoms with E-state index >= 15 is 0 Å². The Hall–Kier alpha value is -3.53. The molecule has 4 heterocycles. The lowest BCUT2D eigenvalue weighted by atomic mass is 10.0. The summed E-state index contributed by atoms with van der Waals surface area (Å²) >= 11 is 2.57. The molecule has 2 aliphatic heterocycles. The van der Waals surface area contributed by atoms with Crippen molar-refractivity contribution >= 4 is 47.3 Å². The van der Waals surface area contributed by atoms with Crippen LogP contribution in [0.5, 0.6) is 0 Å². The molecule has 2 aliphatic rings. The number of carboxylic acids is 1. The normalized spacial score (nSPS) is 20.6. The summed E-state index contributed by atoms with van der Waals surface area (Å²) in [6.45, 7) is 0. The van der Waals surface area contributed by atoms with Gasteiger partial charge >= 0.3 is 12.0 Å². The number of nitrogens with two attached hydrogens (primary N) is 1. The zero-order chi connectivity index (χ0) is 23.7. The molecule has 14 nitrogen and oxygen atoms in total. The minimum atomic E-state index is -1.24. The van der Waals surface area contributed by atoms with Crippen molar-refractivity contribution in [2.24, 2.45) is 12.8 Å². The van der Waals surface area contributed by atoms with Gasteiger partial charge in [-0.15, -0.1) is 16.9 Å². The molecule has 1 unspecified atom stereocenters. The first kappa shape index (κ1) is 22.7. The smallest absolute Gasteiger partial charge is 0.352 e. The summed E-state index contributed by atoms with van der Waals surface area (Å²) in [5.74, 6) is -1.78. The number of aromatic nitrogens is 4. The fourth-order valence-electron chi connectivity index (χ4n) is 3.39. The molecule has 0 aliphatic carbocycles. The van der Waals surface area contributed by atoms with Crippen molar-refractivity contribution in [3.63, 3.8) is 0 Å². The minimum absolute atomic E-state index is 0.116. The Bertz CT molecular complexity index is 1130. The molecule has 0 spiro atoms. The van der Waals surface area contributed by atoms with E-state index in [2.05, 4.69) is 26.2 Å². The predicted molar refractivity (Wildman–Crippen MR) is 113 cm³/mol. The summed E-state index contributed by atoms with van der Waals surface area (Å²) in [7, 11) is 1.66. The summed E-state index contributed by atoms with van der Waals surface area (Å²) in [5.41, 5.74) is 5.57. The van der Waals surface area contributed by atoms with Gasteiger partial charge in [0.15, 0.2) is 6.04 Å². The molecule has 0 bridgehead atoms. The van der Waals surface area contributed by atoms with Crippen molar-refractivity contribution in [2.45, 2.75) is 22.6 Å². The standard InChI is InChI=1S/C17H18N8O6S2/c1-24-17(21-22-23-24)33-6-7-5-32-14-10(13(27)25(14)11(7)15(28)29)19-12(26)9(20-16(18)30)8-3-2-4-31-8/h2-4,9-10,14H,5-6H2,1H3,(H,19,26)(H,28,29)(H3,18,20,30)/t9-,10-,14?/m1/s1. The maximum atomic E-state index is 12.8. The molecular formula is C17H18N8O6S2. The van der Waals surface area contributed by atoms with Crippen LogP contribution in [-0.4, -0.2) is 76.9 Å². The second-order valence-electron chi connectivity index (χ2n) is 6.98. The Morgan fingerprint density at radius 1 is 1.45 bits per heavy atom. The quantitative estimate of drug-likeness (QED) is 0.260. The van der Waals surface area contributed by atoms with Crippen LogP contribution in [0.25, 0.3) is 0 Å². The number of β-lactam (4-membered cyclic amide) rings is 1. The van der Waals surface area contributed by atoms with Crippen molar-refractivity contribution in [3.05, 3.63) is 35.4 Å². The highest BCUT2D eigenvalue weighted by molar-refractivity contribution is 8.01. The van der Waals surface area contributed by atoms with Gasteiger partial charge in [-0.1, -0.05) is 11.8 Å². The van der Waals surface area contributed by atoms with Crippen LogP contribution >= 0.6 is 23.5 Å². The number of amides is 4. The third-order valence-corrected chi connectivity index (χ3v) is 7.32. The van der Waals surface area contributed by atoms with Gasteiger partial charge in [0.25, 0.3) is 11.8 Å². The summed E-state index contributed by atoms with van der Waals surface area (Å²) in [5, 5.41) is 25.6. The van der Waals surface area contributed by atoms with E-state index in [0.717, 1.165) is 4.90 Å². The number of carbonyl (C=O) groups excluding carboxylic acids is 3. The molecule has 1 saturated heterocycles. The minimum Gasteiger partial charge on any atom is -0.477 e. The van der Waals surface area contributed by atoms with Gasteiger partial charge in [-0.2, -0.15) is 0 Å². The van der Waals surface area contributed by atoms with E-state index in [1.54, 1.807) is 7.05 Å². The van der Waals surface area contributed by atoms with Gasteiger partial charge in [-0.25, -0.2) is 14.3 Å². The maximum absolute atomic E-state index is 12.8. The Morgan fingerprint density at radius 2 is 2.24 bits per heavy atom. The highest BCUT2D eigenvalue weighted by atomic mass is 32.2. The molecule has 2 aromatic rings. The average molecular weight is 495 g/mol. The van der Waals surface area contributed by atoms with Crippen LogP contribution < -0.4 is 16.4 Å². The molecule has 0 radical (unpaired) electrons. The molecule has 1 fully saturated rings. The van der Waals surface area contributed by atoms with Gasteiger partial charge in [0.05, 0.1) is 6.26 Å². The largest absolute Gasteiger partial charge is 0.477 e. The van der Waals surface area contributed by atoms with E-state index < -0.39 is 41.3 Å². The molecule has 33 heavy (non-hydrogen) atoms. The Morgan fingerprint density at radius 3 is 2.85 bits per heavy atom. The summed E-state index contributed by atoms with van der Waals surface area (Å²) in [6.07, 6.45) is 1.33. The fraction of sp³-hybridized carbons (Fsp3) is 0.353. The van der Waals surface area contributed by atoms with Crippen LogP contribution in [-0.2, 0) is 21.4 Å². The summed E-state index contributed by atoms with van der Waals surface area (Å²) in [6, 6.07) is -0.148. The number of aliphatic carboxylic acids is 1. The van der Waals surface area contributed by atoms with Crippen molar-refractivity contribution < 1.29 is 28.7 Å². The zero-order valence-corrected chi connectivity index (χ0v) is 18.6. The van der Waals surface area contributed by atoms with Crippen molar-refractivity contribution in [1.82, 2.24) is 35.7 Å². The fourth-order valence-corrected chi connectivity index (χ4v) is 5.72. The van der Waals surface area contributed by atoms with Crippen LogP contribution in [0.4, 0.5) is 4.79 Å². The van der Waals surface area contributed by atoms with E-state index in [9.17, 15) is 24.3 Å². The molecule has 16 heteroatoms. The van der Waals surface area contributed by atoms with Crippen molar-refractivity contribution in [2.75, 3.05) is 11.5 Å². The molecule has 0 aromatic carbocycles. The second-order valence-corrected chi connectivity index (χ2v) is 9.03. The molecule has 4 rings (SSSR count). The Kier molecular flexibility index (Phi) is 6.28. The van der Waals surface area contributed by atoms with E-state index in [4.69, 9.17) is 10.2 Å². The lowest BCUT2D eigenvalue weighted by Gasteiger charge is -2.49. The van der Waals surface area contributed by atoms with E-state index in [0.29, 0.717) is 16.5 Å². The number of primary amides is 1. The van der Waals surface area contributed by atoms with Gasteiger partial charge in [0.2, 0.25) is 5.16 Å². The zero-order valence-electron chi connectivity index (χ0n) is 17.0. The number of carboxylic acid groups (broad SMARTS) is 1. The first-order valence-electron chi connectivity index (χ1n) is 9.42. The number of furan rings is 1. The van der Waals surface area contributed by atoms with Gasteiger partial charge in [-0.3, -0.25) is 14.5 Å². The lowest BCUT2D eigenvalue weighted by Crippen LogP contribution is -2.71. The van der Waals surface area contributed by atoms with Gasteiger partial charge in [0, 0.05) is 18.6 Å². The lowest BCUT2D eigenvalue weighted by molar-refractivity contribution is -0.151. The number of nitrogens with zero attached hydrogens (tertiary/aromatic N) is 5. The third-order valence-electron chi connectivity index (χ3n) is 4.88. The maximum Gasteiger partial charge on any atom is 0.352 e. The number of hydrogen-bond donors (Lipinski definition) is 4. The second kappa shape index (κ2) is 9.14. The third kappa shape index (κ3) is 4.38. The Balaban J connectivity index is 1.48. The monoisotopic (exact) mass is 494 g/mol. The van der Waals surface area contributed by atoms with Gasteiger partial charge in [0.1, 0.15) is 22.9 Å². The van der Waals surface area contributed by atoms with E-state index in [-0.39, 0.29) is 17.2 Å². The molecule has 2 aromatic heterocycles. The van der Waals surface area contributed by atoms with Crippen LogP contribution in [0.15, 0.2) is 39.2 Å². The SMILES string of the molecule is Cn1nnnc1SCC1=C(C(=O)O)N2C(=O)[C@@H](NC(=O)[C@H](NC(N)=O)c3ccco3)C2SC1. The molecule has 3 atom stereocenters. The van der Waals surface area contributed by atoms with Crippen LogP contribution in [0.1, 0.15) is 11.8 Å². The highest BCUT2D eigenvalue weighted by Crippen LogP contribution is 2.41. The Labute approximate surface area is 194 Å². The average Bonchev–Trinajstić information content (AvgIpc) is 3.45. The first-order valence-corrected chi connectivity index (χ1v) is 11.5. The predicted octanol–water partition coefficient (Wildman–Crippen LogP) is -0.957. The number of fused-ring (bicyclic) bond motifs is 1. The number of aryl methyl sites for hydroxylation is 1. The van der Waals surface area contributed by atoms with Crippen LogP contribution in [0, 0.1) is 0 Å². The number of tetrazole rings is 1. The van der Waals surface area contributed by atoms with Gasteiger partial charge < -0.3 is 25.9 Å². The summed E-state index contributed by atoms with van der Waals surface area (Å²) in [4.78, 5) is 50.0. The van der Waals surface area contributed by atoms with E-state index in [1.165, 1.54) is 46.6 Å². The molecule has 0 saturated carbocycles. The van der Waals surface area contributed by atoms with Crippen molar-refractivity contribution in [3.8, 4) is 0 Å². The number of rotatable bonds is 8. The number of carbonyl (C=O) groups is 4. The first-order chi connectivity index (χ1) is 15.8. The molecule has 174 valence electrons. The highest BCUT2D eigenvalue weighted by Gasteiger charge is 2.54. The molecule has 5 N–H and O–H groups in total. The molecular weight excluding hydrogens is 476 g/mol. The molecule has 4 amide bonds. The van der Waals surface area contributed by atoms with Gasteiger partial charge in [-0.05, 0) is 28.1 Å². The number of hydrogen-bond acceptors (Lipinski definition) is 10. The topological polar surface area (TPSA) is 199 Å². The summed E-state index contributed by atoms with van der Waals surface area (Å²) < 4.78 is 6.64. The van der Waals surface area contributed by atoms with Crippen molar-refractivity contribution in [1.29, 1.82) is 0 Å². The number of thioether (sulfide) groups is 2. The van der Waals surface area contributed by atoms with E-state index in [1.807, 2.05) is 0 Å². The number of nitrogens with one attached hydrogen (secondary N) is 2. The number of urea groups is 1. The van der Waals surface area contributed by atoms with Crippen LogP contribution in [0.2, 0.25) is 0 Å². The van der Waals surface area contributed by atoms with Crippen LogP contribution in [0.3, 0.4) is 0 Å².